The van der Waals surface area contributed by atoms with Crippen molar-refractivity contribution in [2.24, 2.45) is 5.73 Å². The molecule has 62 valence electrons. The molecule has 0 rings (SSSR count). The summed E-state index contributed by atoms with van der Waals surface area (Å²) in [5.74, 6) is 0. The van der Waals surface area contributed by atoms with Crippen molar-refractivity contribution >= 4 is 0 Å². The third kappa shape index (κ3) is 3.82. The van der Waals surface area contributed by atoms with E-state index < -0.39 is 0 Å². The van der Waals surface area contributed by atoms with Gasteiger partial charge < -0.3 is 15.7 Å². The molecular formula is C7H18N2O. The highest BCUT2D eigenvalue weighted by atomic mass is 16.3. The second-order valence-electron chi connectivity index (χ2n) is 2.92. The summed E-state index contributed by atoms with van der Waals surface area (Å²) in [5.41, 5.74) is 5.24. The van der Waals surface area contributed by atoms with Gasteiger partial charge in [-0.1, -0.05) is 0 Å². The molecular weight excluding hydrogens is 128 g/mol. The summed E-state index contributed by atoms with van der Waals surface area (Å²) >= 11 is 0. The van der Waals surface area contributed by atoms with Gasteiger partial charge in [0.1, 0.15) is 0 Å². The number of aliphatic hydroxyl groups excluding tert-OH is 1. The quantitative estimate of drug-likeness (QED) is 0.570. The smallest absolute Gasteiger partial charge is 0.0789 e. The number of likely N-dealkylation sites (N-methyl/N-ethyl adjacent to an activating group) is 1. The van der Waals surface area contributed by atoms with Crippen LogP contribution in [0.4, 0.5) is 0 Å². The lowest BCUT2D eigenvalue weighted by Gasteiger charge is -2.23. The van der Waals surface area contributed by atoms with Crippen LogP contribution >= 0.6 is 0 Å². The summed E-state index contributed by atoms with van der Waals surface area (Å²) in [4.78, 5) is 2.07. The molecule has 0 aromatic carbocycles. The summed E-state index contributed by atoms with van der Waals surface area (Å²) in [6.07, 6.45) is -0.382. The van der Waals surface area contributed by atoms with E-state index in [0.717, 1.165) is 0 Å². The fourth-order valence-corrected chi connectivity index (χ4v) is 0.618. The van der Waals surface area contributed by atoms with Gasteiger partial charge in [-0.3, -0.25) is 0 Å². The van der Waals surface area contributed by atoms with Crippen LogP contribution in [0, 0.1) is 0 Å². The number of hydrogen-bond acceptors (Lipinski definition) is 3. The van der Waals surface area contributed by atoms with Gasteiger partial charge in [-0.25, -0.2) is 0 Å². The summed E-state index contributed by atoms with van der Waals surface area (Å²) < 4.78 is 0. The molecule has 0 aromatic rings. The fraction of sp³-hybridized carbons (Fsp3) is 1.00. The van der Waals surface area contributed by atoms with Crippen molar-refractivity contribution < 1.29 is 5.11 Å². The summed E-state index contributed by atoms with van der Waals surface area (Å²) in [6, 6.07) is 0.473. The summed E-state index contributed by atoms with van der Waals surface area (Å²) in [5, 5.41) is 9.11. The topological polar surface area (TPSA) is 49.5 Å². The van der Waals surface area contributed by atoms with Crippen molar-refractivity contribution in [3.05, 3.63) is 0 Å². The number of nitrogens with two attached hydrogens (primary N) is 1. The molecule has 3 heteroatoms. The van der Waals surface area contributed by atoms with Crippen LogP contribution in [0.15, 0.2) is 0 Å². The van der Waals surface area contributed by atoms with Crippen LogP contribution in [0.1, 0.15) is 13.8 Å². The van der Waals surface area contributed by atoms with Crippen LogP contribution in [-0.4, -0.2) is 42.3 Å². The van der Waals surface area contributed by atoms with Gasteiger partial charge >= 0.3 is 0 Å². The number of aliphatic hydroxyl groups is 1. The molecule has 0 amide bonds. The van der Waals surface area contributed by atoms with Gasteiger partial charge in [-0.15, -0.1) is 0 Å². The molecule has 1 atom stereocenters. The minimum atomic E-state index is -0.382. The third-order valence-corrected chi connectivity index (χ3v) is 1.65. The van der Waals surface area contributed by atoms with Crippen LogP contribution in [0.3, 0.4) is 0 Å². The van der Waals surface area contributed by atoms with E-state index in [4.69, 9.17) is 10.8 Å². The lowest BCUT2D eigenvalue weighted by atomic mass is 10.3. The second-order valence-corrected chi connectivity index (χ2v) is 2.92. The molecule has 0 bridgehead atoms. The average Bonchev–Trinajstić information content (AvgIpc) is 1.87. The molecule has 0 aliphatic carbocycles. The molecule has 0 fully saturated rings. The number of hydrogen-bond donors (Lipinski definition) is 2. The monoisotopic (exact) mass is 146 g/mol. The van der Waals surface area contributed by atoms with E-state index in [0.29, 0.717) is 19.1 Å². The Balaban J connectivity index is 3.46. The SMILES string of the molecule is CC(C)N(C)CC(O)CN. The molecule has 0 aromatic heterocycles. The fourth-order valence-electron chi connectivity index (χ4n) is 0.618. The van der Waals surface area contributed by atoms with Crippen LogP contribution in [0.2, 0.25) is 0 Å². The van der Waals surface area contributed by atoms with Gasteiger partial charge in [-0.05, 0) is 20.9 Å². The highest BCUT2D eigenvalue weighted by molar-refractivity contribution is 4.64. The van der Waals surface area contributed by atoms with Gasteiger partial charge in [0.25, 0.3) is 0 Å². The zero-order chi connectivity index (χ0) is 8.15. The molecule has 1 unspecified atom stereocenters. The number of nitrogens with zero attached hydrogens (tertiary/aromatic N) is 1. The Bertz CT molecular complexity index is 85.7. The minimum Gasteiger partial charge on any atom is -0.390 e. The van der Waals surface area contributed by atoms with Gasteiger partial charge in [0.2, 0.25) is 0 Å². The summed E-state index contributed by atoms with van der Waals surface area (Å²) in [6.45, 7) is 5.18. The van der Waals surface area contributed by atoms with E-state index in [1.165, 1.54) is 0 Å². The van der Waals surface area contributed by atoms with Gasteiger partial charge in [-0.2, -0.15) is 0 Å². The third-order valence-electron chi connectivity index (χ3n) is 1.65. The van der Waals surface area contributed by atoms with Crippen molar-refractivity contribution in [3.8, 4) is 0 Å². The molecule has 10 heavy (non-hydrogen) atoms. The van der Waals surface area contributed by atoms with E-state index in [1.54, 1.807) is 0 Å². The molecule has 0 aliphatic heterocycles. The predicted molar refractivity (Wildman–Crippen MR) is 42.8 cm³/mol. The Morgan fingerprint density at radius 3 is 2.30 bits per heavy atom. The van der Waals surface area contributed by atoms with Crippen molar-refractivity contribution in [2.75, 3.05) is 20.1 Å². The second kappa shape index (κ2) is 4.66. The molecule has 0 heterocycles. The molecule has 0 radical (unpaired) electrons. The molecule has 0 spiro atoms. The highest BCUT2D eigenvalue weighted by Gasteiger charge is 2.07. The molecule has 3 nitrogen and oxygen atoms in total. The largest absolute Gasteiger partial charge is 0.390 e. The minimum absolute atomic E-state index is 0.344. The van der Waals surface area contributed by atoms with Crippen LogP contribution in [0.5, 0.6) is 0 Å². The normalized spacial score (nSPS) is 14.7. The highest BCUT2D eigenvalue weighted by Crippen LogP contribution is 1.94. The Morgan fingerprint density at radius 1 is 1.50 bits per heavy atom. The zero-order valence-electron chi connectivity index (χ0n) is 7.04. The van der Waals surface area contributed by atoms with Gasteiger partial charge in [0.15, 0.2) is 0 Å². The van der Waals surface area contributed by atoms with Gasteiger partial charge in [0, 0.05) is 19.1 Å². The molecule has 3 N–H and O–H groups in total. The van der Waals surface area contributed by atoms with Crippen molar-refractivity contribution in [3.63, 3.8) is 0 Å². The van der Waals surface area contributed by atoms with Crippen molar-refractivity contribution in [1.82, 2.24) is 4.90 Å². The average molecular weight is 146 g/mol. The van der Waals surface area contributed by atoms with Crippen LogP contribution in [-0.2, 0) is 0 Å². The van der Waals surface area contributed by atoms with Crippen molar-refractivity contribution in [2.45, 2.75) is 26.0 Å². The van der Waals surface area contributed by atoms with Crippen LogP contribution < -0.4 is 5.73 Å². The first kappa shape index (κ1) is 9.88. The van der Waals surface area contributed by atoms with Gasteiger partial charge in [0.05, 0.1) is 6.10 Å². The maximum Gasteiger partial charge on any atom is 0.0789 e. The number of rotatable bonds is 4. The maximum absolute atomic E-state index is 9.11. The first-order valence-corrected chi connectivity index (χ1v) is 3.66. The lowest BCUT2D eigenvalue weighted by Crippen LogP contribution is -2.37. The van der Waals surface area contributed by atoms with E-state index in [-0.39, 0.29) is 6.10 Å². The van der Waals surface area contributed by atoms with Crippen molar-refractivity contribution in [1.29, 1.82) is 0 Å². The molecule has 0 aliphatic rings. The van der Waals surface area contributed by atoms with E-state index >= 15 is 0 Å². The maximum atomic E-state index is 9.11. The van der Waals surface area contributed by atoms with E-state index in [1.807, 2.05) is 7.05 Å². The molecule has 0 saturated heterocycles. The Morgan fingerprint density at radius 2 is 2.00 bits per heavy atom. The zero-order valence-corrected chi connectivity index (χ0v) is 7.04. The first-order chi connectivity index (χ1) is 4.57. The summed E-state index contributed by atoms with van der Waals surface area (Å²) in [7, 11) is 1.98. The van der Waals surface area contributed by atoms with E-state index in [9.17, 15) is 0 Å². The Hall–Kier alpha value is -0.120. The standard InChI is InChI=1S/C7H18N2O/c1-6(2)9(3)5-7(10)4-8/h6-7,10H,4-5,8H2,1-3H3. The van der Waals surface area contributed by atoms with Crippen LogP contribution in [0.25, 0.3) is 0 Å². The van der Waals surface area contributed by atoms with E-state index in [2.05, 4.69) is 18.7 Å². The lowest BCUT2D eigenvalue weighted by molar-refractivity contribution is 0.118. The first-order valence-electron chi connectivity index (χ1n) is 3.66. The molecule has 0 saturated carbocycles. The Labute approximate surface area is 62.8 Å². The Kier molecular flexibility index (Phi) is 4.60. The predicted octanol–water partition coefficient (Wildman–Crippen LogP) is -0.354.